The molecule has 0 bridgehead atoms. The van der Waals surface area contributed by atoms with Gasteiger partial charge in [0, 0.05) is 13.0 Å². The second kappa shape index (κ2) is 4.41. The van der Waals surface area contributed by atoms with Crippen LogP contribution in [0.1, 0.15) is 6.92 Å². The first-order valence-corrected chi connectivity index (χ1v) is 4.05. The number of nitro groups is 1. The van der Waals surface area contributed by atoms with Crippen LogP contribution in [0.3, 0.4) is 0 Å². The van der Waals surface area contributed by atoms with Gasteiger partial charge in [-0.05, 0) is 6.07 Å². The molecule has 0 amide bonds. The lowest BCUT2D eigenvalue weighted by molar-refractivity contribution is -0.384. The van der Waals surface area contributed by atoms with Crippen molar-refractivity contribution in [2.45, 2.75) is 6.92 Å². The Balaban J connectivity index is 3.08. The predicted molar refractivity (Wildman–Crippen MR) is 51.0 cm³/mol. The van der Waals surface area contributed by atoms with Crippen LogP contribution in [0, 0.1) is 10.1 Å². The van der Waals surface area contributed by atoms with Crippen molar-refractivity contribution in [3.63, 3.8) is 0 Å². The summed E-state index contributed by atoms with van der Waals surface area (Å²) in [5, 5.41) is 10.4. The number of nitrogens with zero attached hydrogens (tertiary/aromatic N) is 1. The van der Waals surface area contributed by atoms with E-state index in [2.05, 4.69) is 0 Å². The molecule has 15 heavy (non-hydrogen) atoms. The molecule has 0 saturated heterocycles. The number of hydrogen-bond donors (Lipinski definition) is 0. The van der Waals surface area contributed by atoms with Crippen molar-refractivity contribution >= 4 is 11.7 Å². The maximum atomic E-state index is 10.7. The zero-order valence-corrected chi connectivity index (χ0v) is 8.22. The van der Waals surface area contributed by atoms with Gasteiger partial charge in [-0.3, -0.25) is 14.9 Å². The molecule has 0 spiro atoms. The summed E-state index contributed by atoms with van der Waals surface area (Å²) in [7, 11) is 1.34. The molecule has 80 valence electrons. The van der Waals surface area contributed by atoms with Crippen LogP contribution >= 0.6 is 0 Å². The molecule has 0 aromatic heterocycles. The van der Waals surface area contributed by atoms with E-state index in [4.69, 9.17) is 9.47 Å². The molecule has 6 nitrogen and oxygen atoms in total. The van der Waals surface area contributed by atoms with Crippen LogP contribution in [0.4, 0.5) is 5.69 Å². The summed E-state index contributed by atoms with van der Waals surface area (Å²) in [5.74, 6) is -0.197. The lowest BCUT2D eigenvalue weighted by Gasteiger charge is -2.06. The summed E-state index contributed by atoms with van der Waals surface area (Å²) in [5.41, 5.74) is -0.122. The topological polar surface area (TPSA) is 78.7 Å². The minimum Gasteiger partial charge on any atom is -0.493 e. The Hall–Kier alpha value is -2.11. The van der Waals surface area contributed by atoms with E-state index < -0.39 is 10.9 Å². The van der Waals surface area contributed by atoms with E-state index in [9.17, 15) is 14.9 Å². The molecule has 0 saturated carbocycles. The van der Waals surface area contributed by atoms with Crippen LogP contribution in [0.5, 0.6) is 11.5 Å². The Labute approximate surface area is 85.6 Å². The lowest BCUT2D eigenvalue weighted by atomic mass is 10.3. The molecule has 1 aromatic carbocycles. The number of benzene rings is 1. The van der Waals surface area contributed by atoms with E-state index in [1.165, 1.54) is 32.2 Å². The third-order valence-electron chi connectivity index (χ3n) is 1.61. The average Bonchev–Trinajstić information content (AvgIpc) is 2.17. The molecule has 0 atom stereocenters. The van der Waals surface area contributed by atoms with Crippen LogP contribution < -0.4 is 9.47 Å². The molecular weight excluding hydrogens is 202 g/mol. The highest BCUT2D eigenvalue weighted by Crippen LogP contribution is 2.30. The zero-order valence-electron chi connectivity index (χ0n) is 8.22. The van der Waals surface area contributed by atoms with Gasteiger partial charge in [-0.15, -0.1) is 0 Å². The summed E-state index contributed by atoms with van der Waals surface area (Å²) in [6.07, 6.45) is 0. The second-order valence-electron chi connectivity index (χ2n) is 2.69. The van der Waals surface area contributed by atoms with Gasteiger partial charge in [-0.1, -0.05) is 0 Å². The molecule has 0 unspecified atom stereocenters. The first kappa shape index (κ1) is 11.0. The van der Waals surface area contributed by atoms with Crippen LogP contribution in [0.2, 0.25) is 0 Å². The number of carbonyl (C=O) groups is 1. The zero-order chi connectivity index (χ0) is 11.4. The van der Waals surface area contributed by atoms with Gasteiger partial charge in [-0.2, -0.15) is 0 Å². The molecule has 1 aromatic rings. The van der Waals surface area contributed by atoms with Gasteiger partial charge in [0.2, 0.25) is 0 Å². The summed E-state index contributed by atoms with van der Waals surface area (Å²) >= 11 is 0. The highest BCUT2D eigenvalue weighted by atomic mass is 16.6. The van der Waals surface area contributed by atoms with Gasteiger partial charge in [0.25, 0.3) is 5.69 Å². The number of rotatable bonds is 3. The average molecular weight is 211 g/mol. The first-order valence-electron chi connectivity index (χ1n) is 4.05. The fraction of sp³-hybridized carbons (Fsp3) is 0.222. The SMILES string of the molecule is COc1cc([N+](=O)[O-])ccc1OC(C)=O. The van der Waals surface area contributed by atoms with Gasteiger partial charge < -0.3 is 9.47 Å². The Kier molecular flexibility index (Phi) is 3.22. The van der Waals surface area contributed by atoms with Crippen LogP contribution in [0.25, 0.3) is 0 Å². The fourth-order valence-electron chi connectivity index (χ4n) is 1.01. The molecule has 0 radical (unpaired) electrons. The Morgan fingerprint density at radius 1 is 1.40 bits per heavy atom. The number of methoxy groups -OCH3 is 1. The Morgan fingerprint density at radius 2 is 2.07 bits per heavy atom. The molecular formula is C9H9NO5. The number of ether oxygens (including phenoxy) is 2. The third kappa shape index (κ3) is 2.67. The largest absolute Gasteiger partial charge is 0.493 e. The number of hydrogen-bond acceptors (Lipinski definition) is 5. The predicted octanol–water partition coefficient (Wildman–Crippen LogP) is 1.53. The fourth-order valence-corrected chi connectivity index (χ4v) is 1.01. The molecule has 0 fully saturated rings. The minimum atomic E-state index is -0.555. The van der Waals surface area contributed by atoms with Gasteiger partial charge in [0.15, 0.2) is 11.5 Å². The molecule has 0 N–H and O–H groups in total. The normalized spacial score (nSPS) is 9.47. The van der Waals surface area contributed by atoms with E-state index in [-0.39, 0.29) is 17.2 Å². The van der Waals surface area contributed by atoms with Crippen molar-refractivity contribution in [3.05, 3.63) is 28.3 Å². The van der Waals surface area contributed by atoms with Crippen molar-refractivity contribution in [3.8, 4) is 11.5 Å². The van der Waals surface area contributed by atoms with Crippen molar-refractivity contribution in [2.24, 2.45) is 0 Å². The first-order chi connectivity index (χ1) is 7.04. The number of esters is 1. The summed E-state index contributed by atoms with van der Waals surface area (Å²) < 4.78 is 9.64. The molecule has 0 aliphatic rings. The van der Waals surface area contributed by atoms with Crippen LogP contribution in [-0.2, 0) is 4.79 Å². The quantitative estimate of drug-likeness (QED) is 0.328. The highest BCUT2D eigenvalue weighted by molar-refractivity contribution is 5.70. The van der Waals surface area contributed by atoms with Crippen molar-refractivity contribution in [1.82, 2.24) is 0 Å². The highest BCUT2D eigenvalue weighted by Gasteiger charge is 2.13. The van der Waals surface area contributed by atoms with Crippen molar-refractivity contribution in [2.75, 3.05) is 7.11 Å². The van der Waals surface area contributed by atoms with E-state index in [1.54, 1.807) is 0 Å². The van der Waals surface area contributed by atoms with Gasteiger partial charge in [0.1, 0.15) is 0 Å². The minimum absolute atomic E-state index is 0.122. The standard InChI is InChI=1S/C9H9NO5/c1-6(11)15-8-4-3-7(10(12)13)5-9(8)14-2/h3-5H,1-2H3. The van der Waals surface area contributed by atoms with Crippen LogP contribution in [0.15, 0.2) is 18.2 Å². The van der Waals surface area contributed by atoms with Gasteiger partial charge >= 0.3 is 5.97 Å². The molecule has 6 heteroatoms. The molecule has 0 heterocycles. The van der Waals surface area contributed by atoms with Crippen molar-refractivity contribution in [1.29, 1.82) is 0 Å². The van der Waals surface area contributed by atoms with E-state index in [1.807, 2.05) is 0 Å². The number of carbonyl (C=O) groups excluding carboxylic acids is 1. The summed E-state index contributed by atoms with van der Waals surface area (Å²) in [4.78, 5) is 20.6. The maximum absolute atomic E-state index is 10.7. The Morgan fingerprint density at radius 3 is 2.53 bits per heavy atom. The molecule has 1 rings (SSSR count). The summed E-state index contributed by atoms with van der Waals surface area (Å²) in [6.45, 7) is 1.24. The third-order valence-corrected chi connectivity index (χ3v) is 1.61. The molecule has 0 aliphatic carbocycles. The van der Waals surface area contributed by atoms with Gasteiger partial charge in [0.05, 0.1) is 18.1 Å². The number of non-ortho nitro benzene ring substituents is 1. The maximum Gasteiger partial charge on any atom is 0.308 e. The Bertz CT molecular complexity index is 401. The second-order valence-corrected chi connectivity index (χ2v) is 2.69. The van der Waals surface area contributed by atoms with Crippen LogP contribution in [-0.4, -0.2) is 18.0 Å². The van der Waals surface area contributed by atoms with E-state index in [0.717, 1.165) is 0 Å². The van der Waals surface area contributed by atoms with E-state index >= 15 is 0 Å². The van der Waals surface area contributed by atoms with Crippen molar-refractivity contribution < 1.29 is 19.2 Å². The molecule has 0 aliphatic heterocycles. The smallest absolute Gasteiger partial charge is 0.308 e. The monoisotopic (exact) mass is 211 g/mol. The number of nitro benzene ring substituents is 1. The lowest BCUT2D eigenvalue weighted by Crippen LogP contribution is -2.03. The summed E-state index contributed by atoms with van der Waals surface area (Å²) in [6, 6.07) is 3.75. The van der Waals surface area contributed by atoms with E-state index in [0.29, 0.717) is 0 Å². The van der Waals surface area contributed by atoms with Gasteiger partial charge in [-0.25, -0.2) is 0 Å².